The lowest BCUT2D eigenvalue weighted by Gasteiger charge is -2.18. The highest BCUT2D eigenvalue weighted by molar-refractivity contribution is 7.98. The Morgan fingerprint density at radius 3 is 2.88 bits per heavy atom. The number of H-pyrrole nitrogens is 1. The Bertz CT molecular complexity index is 1210. The Labute approximate surface area is 200 Å². The summed E-state index contributed by atoms with van der Waals surface area (Å²) in [4.78, 5) is 39.5. The van der Waals surface area contributed by atoms with Crippen LogP contribution in [0.25, 0.3) is 10.2 Å². The van der Waals surface area contributed by atoms with Gasteiger partial charge >= 0.3 is 0 Å². The van der Waals surface area contributed by atoms with Gasteiger partial charge in [-0.25, -0.2) is 4.98 Å². The first-order valence-electron chi connectivity index (χ1n) is 11.7. The normalized spacial score (nSPS) is 16.8. The summed E-state index contributed by atoms with van der Waals surface area (Å²) >= 11 is 3.26. The van der Waals surface area contributed by atoms with Crippen molar-refractivity contribution in [3.8, 4) is 0 Å². The number of fused-ring (bicyclic) bond motifs is 3. The fraction of sp³-hybridized carbons (Fsp3) is 0.609. The lowest BCUT2D eigenvalue weighted by Crippen LogP contribution is -2.32. The molecular formula is C23H29N5O3S2. The number of hydrogen-bond acceptors (Lipinski definition) is 8. The van der Waals surface area contributed by atoms with Gasteiger partial charge in [0.2, 0.25) is 11.8 Å². The number of carbonyl (C=O) groups excluding carboxylic acids is 1. The summed E-state index contributed by atoms with van der Waals surface area (Å²) < 4.78 is 5.43. The van der Waals surface area contributed by atoms with E-state index in [0.717, 1.165) is 48.1 Å². The maximum Gasteiger partial charge on any atom is 0.259 e. The van der Waals surface area contributed by atoms with Gasteiger partial charge in [0.1, 0.15) is 16.7 Å². The average Bonchev–Trinajstić information content (AvgIpc) is 3.40. The van der Waals surface area contributed by atoms with Crippen molar-refractivity contribution in [1.29, 1.82) is 0 Å². The molecule has 2 aliphatic rings. The Hall–Kier alpha value is -2.20. The molecule has 3 heterocycles. The van der Waals surface area contributed by atoms with Crippen molar-refractivity contribution in [3.63, 3.8) is 0 Å². The van der Waals surface area contributed by atoms with Gasteiger partial charge in [0.05, 0.1) is 11.1 Å². The van der Waals surface area contributed by atoms with Crippen molar-refractivity contribution in [1.82, 2.24) is 25.4 Å². The molecule has 1 atom stereocenters. The second kappa shape index (κ2) is 9.58. The highest BCUT2D eigenvalue weighted by Gasteiger charge is 2.31. The van der Waals surface area contributed by atoms with Gasteiger partial charge in [-0.2, -0.15) is 16.7 Å². The van der Waals surface area contributed by atoms with Crippen LogP contribution >= 0.6 is 23.1 Å². The van der Waals surface area contributed by atoms with E-state index in [9.17, 15) is 9.59 Å². The first kappa shape index (κ1) is 22.6. The summed E-state index contributed by atoms with van der Waals surface area (Å²) in [6.45, 7) is 4.06. The molecule has 10 heteroatoms. The Kier molecular flexibility index (Phi) is 6.56. The molecule has 33 heavy (non-hydrogen) atoms. The molecule has 2 aliphatic carbocycles. The van der Waals surface area contributed by atoms with E-state index < -0.39 is 0 Å². The van der Waals surface area contributed by atoms with Crippen molar-refractivity contribution in [2.24, 2.45) is 5.92 Å². The smallest absolute Gasteiger partial charge is 0.259 e. The summed E-state index contributed by atoms with van der Waals surface area (Å²) in [6.07, 6.45) is 6.95. The van der Waals surface area contributed by atoms with Gasteiger partial charge in [0, 0.05) is 23.0 Å². The maximum atomic E-state index is 12.7. The number of carbonyl (C=O) groups is 1. The van der Waals surface area contributed by atoms with Crippen LogP contribution in [0.5, 0.6) is 0 Å². The number of aromatic amines is 1. The molecule has 0 saturated heterocycles. The van der Waals surface area contributed by atoms with E-state index in [1.807, 2.05) is 13.8 Å². The van der Waals surface area contributed by atoms with Gasteiger partial charge in [0.15, 0.2) is 5.82 Å². The Morgan fingerprint density at radius 2 is 2.09 bits per heavy atom. The van der Waals surface area contributed by atoms with E-state index in [1.165, 1.54) is 16.9 Å². The summed E-state index contributed by atoms with van der Waals surface area (Å²) in [5.74, 6) is 3.64. The first-order chi connectivity index (χ1) is 16.0. The van der Waals surface area contributed by atoms with Gasteiger partial charge < -0.3 is 14.8 Å². The standard InChI is InChI=1S/C23H29N5O3S2/c1-12(2)19(22-27-20(28-31-22)13-7-8-13)26-17(29)9-10-32-11-16-24-21(30)18-14-5-3-4-6-15(14)33-23(18)25-16/h12-13,19H,3-11H2,1-2H3,(H,26,29)(H,24,25,30). The molecule has 0 aliphatic heterocycles. The van der Waals surface area contributed by atoms with Crippen molar-refractivity contribution < 1.29 is 9.32 Å². The number of hydrogen-bond donors (Lipinski definition) is 2. The van der Waals surface area contributed by atoms with Crippen LogP contribution in [0.2, 0.25) is 0 Å². The fourth-order valence-corrected chi connectivity index (χ4v) is 6.34. The van der Waals surface area contributed by atoms with E-state index in [-0.39, 0.29) is 23.4 Å². The molecule has 3 aromatic rings. The minimum Gasteiger partial charge on any atom is -0.344 e. The quantitative estimate of drug-likeness (QED) is 0.434. The maximum absolute atomic E-state index is 12.7. The molecule has 5 rings (SSSR count). The highest BCUT2D eigenvalue weighted by atomic mass is 32.2. The van der Waals surface area contributed by atoms with Crippen LogP contribution in [0, 0.1) is 5.92 Å². The number of rotatable bonds is 9. The van der Waals surface area contributed by atoms with Crippen LogP contribution in [-0.4, -0.2) is 31.8 Å². The van der Waals surface area contributed by atoms with Crippen molar-refractivity contribution in [2.75, 3.05) is 5.75 Å². The molecule has 1 saturated carbocycles. The van der Waals surface area contributed by atoms with Gasteiger partial charge in [-0.15, -0.1) is 11.3 Å². The third kappa shape index (κ3) is 5.01. The van der Waals surface area contributed by atoms with E-state index in [1.54, 1.807) is 23.1 Å². The third-order valence-electron chi connectivity index (χ3n) is 6.24. The minimum atomic E-state index is -0.284. The van der Waals surface area contributed by atoms with Crippen LogP contribution in [0.4, 0.5) is 0 Å². The largest absolute Gasteiger partial charge is 0.344 e. The Morgan fingerprint density at radius 1 is 1.27 bits per heavy atom. The topological polar surface area (TPSA) is 114 Å². The molecule has 1 fully saturated rings. The van der Waals surface area contributed by atoms with Crippen LogP contribution in [0.3, 0.4) is 0 Å². The van der Waals surface area contributed by atoms with Gasteiger partial charge in [-0.05, 0) is 50.0 Å². The summed E-state index contributed by atoms with van der Waals surface area (Å²) in [5, 5.41) is 7.90. The number of thiophene rings is 1. The molecule has 0 spiro atoms. The SMILES string of the molecule is CC(C)C(NC(=O)CCSCc1nc2sc3c(c2c(=O)[nH]1)CCCC3)c1nc(C2CC2)no1. The van der Waals surface area contributed by atoms with Gasteiger partial charge in [-0.1, -0.05) is 19.0 Å². The predicted octanol–water partition coefficient (Wildman–Crippen LogP) is 4.26. The number of nitrogens with zero attached hydrogens (tertiary/aromatic N) is 3. The van der Waals surface area contributed by atoms with E-state index in [0.29, 0.717) is 35.6 Å². The molecular weight excluding hydrogens is 458 g/mol. The lowest BCUT2D eigenvalue weighted by molar-refractivity contribution is -0.122. The second-order valence-corrected chi connectivity index (χ2v) is 11.4. The number of aromatic nitrogens is 4. The summed E-state index contributed by atoms with van der Waals surface area (Å²) in [7, 11) is 0. The molecule has 0 bridgehead atoms. The van der Waals surface area contributed by atoms with Crippen LogP contribution in [0.1, 0.15) is 85.9 Å². The van der Waals surface area contributed by atoms with Gasteiger partial charge in [-0.3, -0.25) is 9.59 Å². The number of nitrogens with one attached hydrogen (secondary N) is 2. The van der Waals surface area contributed by atoms with Crippen LogP contribution in [-0.2, 0) is 23.4 Å². The summed E-state index contributed by atoms with van der Waals surface area (Å²) in [5.41, 5.74) is 1.17. The zero-order chi connectivity index (χ0) is 22.9. The first-order valence-corrected chi connectivity index (χ1v) is 13.7. The number of aryl methyl sites for hydroxylation is 2. The average molecular weight is 488 g/mol. The number of amides is 1. The van der Waals surface area contributed by atoms with Crippen molar-refractivity contribution in [2.45, 2.75) is 76.5 Å². The van der Waals surface area contributed by atoms with Crippen molar-refractivity contribution >= 4 is 39.2 Å². The minimum absolute atomic E-state index is 0.0300. The van der Waals surface area contributed by atoms with E-state index >= 15 is 0 Å². The zero-order valence-electron chi connectivity index (χ0n) is 19.0. The van der Waals surface area contributed by atoms with Crippen LogP contribution in [0.15, 0.2) is 9.32 Å². The van der Waals surface area contributed by atoms with Crippen molar-refractivity contribution in [3.05, 3.63) is 38.3 Å². The Balaban J connectivity index is 1.14. The molecule has 1 unspecified atom stereocenters. The molecule has 0 radical (unpaired) electrons. The molecule has 0 aromatic carbocycles. The summed E-state index contributed by atoms with van der Waals surface area (Å²) in [6, 6.07) is -0.284. The molecule has 8 nitrogen and oxygen atoms in total. The van der Waals surface area contributed by atoms with Crippen LogP contribution < -0.4 is 10.9 Å². The lowest BCUT2D eigenvalue weighted by atomic mass is 9.97. The monoisotopic (exact) mass is 487 g/mol. The molecule has 2 N–H and O–H groups in total. The zero-order valence-corrected chi connectivity index (χ0v) is 20.6. The van der Waals surface area contributed by atoms with E-state index in [2.05, 4.69) is 20.4 Å². The highest BCUT2D eigenvalue weighted by Crippen LogP contribution is 2.39. The second-order valence-electron chi connectivity index (χ2n) is 9.26. The van der Waals surface area contributed by atoms with E-state index in [4.69, 9.17) is 9.51 Å². The predicted molar refractivity (Wildman–Crippen MR) is 130 cm³/mol. The molecule has 176 valence electrons. The fourth-order valence-electron chi connectivity index (χ4n) is 4.25. The number of thioether (sulfide) groups is 1. The van der Waals surface area contributed by atoms with Gasteiger partial charge in [0.25, 0.3) is 5.56 Å². The third-order valence-corrected chi connectivity index (χ3v) is 8.39. The molecule has 1 amide bonds. The molecule has 3 aromatic heterocycles.